The third-order valence-corrected chi connectivity index (χ3v) is 4.01. The zero-order valence-electron chi connectivity index (χ0n) is 10.6. The Bertz CT molecular complexity index is 556. The van der Waals surface area contributed by atoms with Gasteiger partial charge >= 0.3 is 0 Å². The zero-order chi connectivity index (χ0) is 13.3. The van der Waals surface area contributed by atoms with Crippen molar-refractivity contribution >= 4 is 11.6 Å². The number of hydrogen-bond donors (Lipinski definition) is 1. The van der Waals surface area contributed by atoms with Crippen LogP contribution in [-0.2, 0) is 5.54 Å². The highest BCUT2D eigenvalue weighted by Crippen LogP contribution is 2.34. The minimum Gasteiger partial charge on any atom is -0.452 e. The highest BCUT2D eigenvalue weighted by molar-refractivity contribution is 6.31. The smallest absolute Gasteiger partial charge is 0.262 e. The van der Waals surface area contributed by atoms with Crippen LogP contribution in [0.15, 0.2) is 21.3 Å². The standard InChI is InChI=1S/C13H16ClN3O2/c14-10-9(5-8-18-10)11-16-12(17-19-11)13(15)6-3-1-2-4-7-13/h5,8H,1-4,6-7,15H2. The Morgan fingerprint density at radius 3 is 2.58 bits per heavy atom. The van der Waals surface area contributed by atoms with Crippen LogP contribution >= 0.6 is 11.6 Å². The molecule has 1 aliphatic carbocycles. The Morgan fingerprint density at radius 2 is 1.95 bits per heavy atom. The van der Waals surface area contributed by atoms with Gasteiger partial charge < -0.3 is 14.7 Å². The lowest BCUT2D eigenvalue weighted by Crippen LogP contribution is -2.37. The molecule has 0 amide bonds. The quantitative estimate of drug-likeness (QED) is 0.853. The fourth-order valence-corrected chi connectivity index (χ4v) is 2.76. The van der Waals surface area contributed by atoms with Crippen molar-refractivity contribution < 1.29 is 8.94 Å². The summed E-state index contributed by atoms with van der Waals surface area (Å²) in [6.07, 6.45) is 7.93. The molecule has 2 aromatic heterocycles. The maximum atomic E-state index is 6.44. The first kappa shape index (κ1) is 12.7. The number of nitrogens with two attached hydrogens (primary N) is 1. The van der Waals surface area contributed by atoms with Gasteiger partial charge in [0.2, 0.25) is 5.22 Å². The lowest BCUT2D eigenvalue weighted by Gasteiger charge is -2.23. The summed E-state index contributed by atoms with van der Waals surface area (Å²) in [4.78, 5) is 4.40. The monoisotopic (exact) mass is 281 g/mol. The molecule has 0 radical (unpaired) electrons. The molecule has 102 valence electrons. The number of furan rings is 1. The van der Waals surface area contributed by atoms with Crippen molar-refractivity contribution in [1.82, 2.24) is 10.1 Å². The van der Waals surface area contributed by atoms with Gasteiger partial charge in [0.15, 0.2) is 5.82 Å². The van der Waals surface area contributed by atoms with Gasteiger partial charge in [-0.3, -0.25) is 0 Å². The average molecular weight is 282 g/mol. The number of hydrogen-bond acceptors (Lipinski definition) is 5. The van der Waals surface area contributed by atoms with E-state index in [0.29, 0.717) is 17.3 Å². The van der Waals surface area contributed by atoms with E-state index in [1.165, 1.54) is 19.1 Å². The molecule has 0 spiro atoms. The van der Waals surface area contributed by atoms with Gasteiger partial charge in [-0.25, -0.2) is 0 Å². The second-order valence-electron chi connectivity index (χ2n) is 5.10. The van der Waals surface area contributed by atoms with E-state index in [-0.39, 0.29) is 5.22 Å². The molecule has 0 saturated heterocycles. The fraction of sp³-hybridized carbons (Fsp3) is 0.538. The van der Waals surface area contributed by atoms with E-state index in [2.05, 4.69) is 10.1 Å². The van der Waals surface area contributed by atoms with Crippen LogP contribution in [0, 0.1) is 0 Å². The van der Waals surface area contributed by atoms with Crippen LogP contribution in [0.1, 0.15) is 44.3 Å². The summed E-state index contributed by atoms with van der Waals surface area (Å²) in [6.45, 7) is 0. The summed E-state index contributed by atoms with van der Waals surface area (Å²) in [5, 5.41) is 4.29. The molecule has 2 aromatic rings. The molecule has 0 aliphatic heterocycles. The Balaban J connectivity index is 1.90. The van der Waals surface area contributed by atoms with Crippen LogP contribution in [0.2, 0.25) is 5.22 Å². The molecule has 1 aliphatic rings. The number of halogens is 1. The van der Waals surface area contributed by atoms with Crippen molar-refractivity contribution in [3.05, 3.63) is 23.4 Å². The highest BCUT2D eigenvalue weighted by Gasteiger charge is 2.33. The molecule has 1 saturated carbocycles. The molecule has 0 aromatic carbocycles. The fourth-order valence-electron chi connectivity index (χ4n) is 2.56. The lowest BCUT2D eigenvalue weighted by molar-refractivity contribution is 0.334. The summed E-state index contributed by atoms with van der Waals surface area (Å²) in [5.41, 5.74) is 6.57. The summed E-state index contributed by atoms with van der Waals surface area (Å²) in [7, 11) is 0. The number of rotatable bonds is 2. The summed E-state index contributed by atoms with van der Waals surface area (Å²) in [6, 6.07) is 1.70. The van der Waals surface area contributed by atoms with Crippen molar-refractivity contribution in [3.8, 4) is 11.5 Å². The maximum absolute atomic E-state index is 6.44. The third kappa shape index (κ3) is 2.40. The highest BCUT2D eigenvalue weighted by atomic mass is 35.5. The van der Waals surface area contributed by atoms with Crippen LogP contribution in [0.25, 0.3) is 11.5 Å². The van der Waals surface area contributed by atoms with E-state index in [1.54, 1.807) is 6.07 Å². The molecule has 2 N–H and O–H groups in total. The van der Waals surface area contributed by atoms with E-state index in [0.717, 1.165) is 25.7 Å². The number of nitrogens with zero attached hydrogens (tertiary/aromatic N) is 2. The maximum Gasteiger partial charge on any atom is 0.262 e. The van der Waals surface area contributed by atoms with E-state index in [9.17, 15) is 0 Å². The van der Waals surface area contributed by atoms with Gasteiger partial charge in [-0.05, 0) is 30.5 Å². The molecular formula is C13H16ClN3O2. The Kier molecular flexibility index (Phi) is 3.33. The van der Waals surface area contributed by atoms with Gasteiger partial charge in [0.1, 0.15) is 0 Å². The summed E-state index contributed by atoms with van der Waals surface area (Å²) >= 11 is 5.90. The van der Waals surface area contributed by atoms with Gasteiger partial charge in [-0.15, -0.1) is 0 Å². The topological polar surface area (TPSA) is 78.1 Å². The first-order valence-corrected chi connectivity index (χ1v) is 6.93. The predicted molar refractivity (Wildman–Crippen MR) is 70.6 cm³/mol. The van der Waals surface area contributed by atoms with E-state index in [4.69, 9.17) is 26.3 Å². The molecule has 0 atom stereocenters. The van der Waals surface area contributed by atoms with Crippen LogP contribution in [-0.4, -0.2) is 10.1 Å². The summed E-state index contributed by atoms with van der Waals surface area (Å²) in [5.74, 6) is 0.935. The van der Waals surface area contributed by atoms with Crippen molar-refractivity contribution in [2.24, 2.45) is 5.73 Å². The second-order valence-corrected chi connectivity index (χ2v) is 5.44. The molecule has 2 heterocycles. The Morgan fingerprint density at radius 1 is 1.21 bits per heavy atom. The minimum absolute atomic E-state index is 0.252. The van der Waals surface area contributed by atoms with Crippen LogP contribution in [0.3, 0.4) is 0 Å². The van der Waals surface area contributed by atoms with Gasteiger partial charge in [0, 0.05) is 0 Å². The molecule has 6 heteroatoms. The SMILES string of the molecule is NC1(c2noc(-c3ccoc3Cl)n2)CCCCCC1. The van der Waals surface area contributed by atoms with Crippen molar-refractivity contribution in [1.29, 1.82) is 0 Å². The van der Waals surface area contributed by atoms with Crippen molar-refractivity contribution in [3.63, 3.8) is 0 Å². The van der Waals surface area contributed by atoms with E-state index >= 15 is 0 Å². The minimum atomic E-state index is -0.478. The Labute approximate surface area is 116 Å². The van der Waals surface area contributed by atoms with Gasteiger partial charge in [0.05, 0.1) is 17.4 Å². The third-order valence-electron chi connectivity index (χ3n) is 3.72. The van der Waals surface area contributed by atoms with E-state index in [1.807, 2.05) is 0 Å². The first-order chi connectivity index (χ1) is 9.19. The molecule has 3 rings (SSSR count). The van der Waals surface area contributed by atoms with Crippen LogP contribution in [0.4, 0.5) is 0 Å². The van der Waals surface area contributed by atoms with Crippen LogP contribution < -0.4 is 5.73 Å². The molecule has 5 nitrogen and oxygen atoms in total. The van der Waals surface area contributed by atoms with E-state index < -0.39 is 5.54 Å². The largest absolute Gasteiger partial charge is 0.452 e. The van der Waals surface area contributed by atoms with Gasteiger partial charge in [-0.1, -0.05) is 30.8 Å². The molecule has 1 fully saturated rings. The van der Waals surface area contributed by atoms with Gasteiger partial charge in [0.25, 0.3) is 5.89 Å². The van der Waals surface area contributed by atoms with Crippen molar-refractivity contribution in [2.45, 2.75) is 44.1 Å². The average Bonchev–Trinajstić information content (AvgIpc) is 2.97. The summed E-state index contributed by atoms with van der Waals surface area (Å²) < 4.78 is 10.3. The zero-order valence-corrected chi connectivity index (χ0v) is 11.3. The molecule has 0 unspecified atom stereocenters. The molecule has 0 bridgehead atoms. The van der Waals surface area contributed by atoms with Gasteiger partial charge in [-0.2, -0.15) is 4.98 Å². The second kappa shape index (κ2) is 4.98. The van der Waals surface area contributed by atoms with Crippen LogP contribution in [0.5, 0.6) is 0 Å². The Hall–Kier alpha value is -1.33. The first-order valence-electron chi connectivity index (χ1n) is 6.55. The predicted octanol–water partition coefficient (Wildman–Crippen LogP) is 3.49. The normalized spacial score (nSPS) is 19.3. The molecule has 19 heavy (non-hydrogen) atoms. The number of aromatic nitrogens is 2. The molecular weight excluding hydrogens is 266 g/mol. The lowest BCUT2D eigenvalue weighted by atomic mass is 9.91. The van der Waals surface area contributed by atoms with Crippen molar-refractivity contribution in [2.75, 3.05) is 0 Å².